The molecule has 5 heteroatoms. The van der Waals surface area contributed by atoms with Gasteiger partial charge in [0.2, 0.25) is 0 Å². The van der Waals surface area contributed by atoms with Gasteiger partial charge in [-0.05, 0) is 17.0 Å². The van der Waals surface area contributed by atoms with Crippen LogP contribution in [0.25, 0.3) is 0 Å². The first-order chi connectivity index (χ1) is 9.33. The average Bonchev–Trinajstić information content (AvgIpc) is 2.74. The second-order valence-corrected chi connectivity index (χ2v) is 8.11. The molecule has 4 nitrogen and oxygen atoms in total. The molecule has 0 fully saturated rings. The summed E-state index contributed by atoms with van der Waals surface area (Å²) in [6, 6.07) is 8.55. The highest BCUT2D eigenvalue weighted by molar-refractivity contribution is 7.92. The molecule has 2 rings (SSSR count). The van der Waals surface area contributed by atoms with E-state index < -0.39 is 9.73 Å². The molecule has 0 saturated carbocycles. The lowest BCUT2D eigenvalue weighted by atomic mass is 10.0. The number of rotatable bonds is 4. The van der Waals surface area contributed by atoms with E-state index in [9.17, 15) is 4.21 Å². The fourth-order valence-corrected chi connectivity index (χ4v) is 2.54. The zero-order valence-corrected chi connectivity index (χ0v) is 13.2. The molecule has 1 heterocycles. The smallest absolute Gasteiger partial charge is 0.111 e. The molecule has 1 aromatic carbocycles. The molecule has 0 aliphatic carbocycles. The van der Waals surface area contributed by atoms with Crippen molar-refractivity contribution < 1.29 is 4.21 Å². The van der Waals surface area contributed by atoms with Crippen molar-refractivity contribution in [2.75, 3.05) is 12.5 Å². The predicted molar refractivity (Wildman–Crippen MR) is 83.9 cm³/mol. The van der Waals surface area contributed by atoms with Gasteiger partial charge >= 0.3 is 0 Å². The maximum Gasteiger partial charge on any atom is 0.111 e. The van der Waals surface area contributed by atoms with Crippen LogP contribution < -0.4 is 0 Å². The third-order valence-corrected chi connectivity index (χ3v) is 3.59. The summed E-state index contributed by atoms with van der Waals surface area (Å²) < 4.78 is 17.6. The van der Waals surface area contributed by atoms with E-state index in [-0.39, 0.29) is 0 Å². The minimum absolute atomic E-state index is 0.543. The first-order valence-corrected chi connectivity index (χ1v) is 8.95. The lowest BCUT2D eigenvalue weighted by Gasteiger charge is -2.07. The van der Waals surface area contributed by atoms with Gasteiger partial charge in [0.15, 0.2) is 0 Å². The highest BCUT2D eigenvalue weighted by Crippen LogP contribution is 2.16. The minimum atomic E-state index is -2.13. The van der Waals surface area contributed by atoms with E-state index in [1.807, 2.05) is 10.9 Å². The van der Waals surface area contributed by atoms with Crippen LogP contribution >= 0.6 is 0 Å². The van der Waals surface area contributed by atoms with Crippen LogP contribution in [0.3, 0.4) is 0 Å². The van der Waals surface area contributed by atoms with E-state index >= 15 is 0 Å². The Morgan fingerprint density at radius 2 is 1.90 bits per heavy atom. The van der Waals surface area contributed by atoms with E-state index in [2.05, 4.69) is 47.6 Å². The first kappa shape index (κ1) is 14.8. The molecule has 0 bridgehead atoms. The van der Waals surface area contributed by atoms with Gasteiger partial charge in [-0.25, -0.2) is 4.21 Å². The van der Waals surface area contributed by atoms with Crippen molar-refractivity contribution in [1.82, 2.24) is 9.78 Å². The highest BCUT2D eigenvalue weighted by Gasteiger charge is 2.02. The summed E-state index contributed by atoms with van der Waals surface area (Å²) in [4.78, 5) is 0. The third kappa shape index (κ3) is 4.20. The second kappa shape index (κ2) is 5.79. The van der Waals surface area contributed by atoms with E-state index in [0.717, 1.165) is 0 Å². The molecular formula is C15H21N3OS. The zero-order chi connectivity index (χ0) is 14.8. The van der Waals surface area contributed by atoms with Gasteiger partial charge in [0.25, 0.3) is 0 Å². The summed E-state index contributed by atoms with van der Waals surface area (Å²) in [5.41, 5.74) is 3.19. The third-order valence-electron chi connectivity index (χ3n) is 2.94. The lowest BCUT2D eigenvalue weighted by molar-refractivity contribution is 0.684. The standard InChI is InChI=1S/C15H21N3OS/c1-12(2)14-7-5-13(6-8-14)10-18-11-15(9-16-18)17-20(3,4)19/h5-9,11-12H,10H2,1-4H3. The monoisotopic (exact) mass is 291 g/mol. The van der Waals surface area contributed by atoms with Gasteiger partial charge in [-0.1, -0.05) is 38.1 Å². The molecule has 0 aliphatic heterocycles. The fourth-order valence-electron chi connectivity index (χ4n) is 1.94. The van der Waals surface area contributed by atoms with Crippen molar-refractivity contribution in [3.05, 3.63) is 47.8 Å². The van der Waals surface area contributed by atoms with Crippen LogP contribution in [0.5, 0.6) is 0 Å². The maximum absolute atomic E-state index is 11.6. The molecule has 20 heavy (non-hydrogen) atoms. The molecular weight excluding hydrogens is 270 g/mol. The van der Waals surface area contributed by atoms with Gasteiger partial charge in [0, 0.05) is 22.2 Å². The van der Waals surface area contributed by atoms with Gasteiger partial charge < -0.3 is 0 Å². The predicted octanol–water partition coefficient (Wildman–Crippen LogP) is 3.41. The van der Waals surface area contributed by atoms with E-state index in [0.29, 0.717) is 18.2 Å². The molecule has 0 spiro atoms. The quantitative estimate of drug-likeness (QED) is 0.866. The fraction of sp³-hybridized carbons (Fsp3) is 0.400. The van der Waals surface area contributed by atoms with Crippen LogP contribution in [0, 0.1) is 0 Å². The Morgan fingerprint density at radius 1 is 1.25 bits per heavy atom. The van der Waals surface area contributed by atoms with Crippen molar-refractivity contribution >= 4 is 15.4 Å². The average molecular weight is 291 g/mol. The van der Waals surface area contributed by atoms with Crippen molar-refractivity contribution in [1.29, 1.82) is 0 Å². The van der Waals surface area contributed by atoms with Crippen LogP contribution in [0.4, 0.5) is 5.69 Å². The van der Waals surface area contributed by atoms with E-state index in [1.165, 1.54) is 11.1 Å². The Hall–Kier alpha value is -1.62. The van der Waals surface area contributed by atoms with Crippen LogP contribution in [0.15, 0.2) is 41.0 Å². The number of nitrogens with zero attached hydrogens (tertiary/aromatic N) is 3. The second-order valence-electron chi connectivity index (χ2n) is 5.56. The van der Waals surface area contributed by atoms with Crippen LogP contribution in [-0.2, 0) is 16.3 Å². The highest BCUT2D eigenvalue weighted by atomic mass is 32.2. The number of benzene rings is 1. The topological polar surface area (TPSA) is 47.2 Å². The minimum Gasteiger partial charge on any atom is -0.266 e. The van der Waals surface area contributed by atoms with Crippen LogP contribution in [-0.4, -0.2) is 26.5 Å². The SMILES string of the molecule is CC(C)c1ccc(Cn2cc(N=S(C)(C)=O)cn2)cc1. The van der Waals surface area contributed by atoms with Crippen molar-refractivity contribution in [2.24, 2.45) is 4.36 Å². The Balaban J connectivity index is 2.13. The van der Waals surface area contributed by atoms with Gasteiger partial charge in [0.1, 0.15) is 5.69 Å². The first-order valence-electron chi connectivity index (χ1n) is 6.62. The van der Waals surface area contributed by atoms with E-state index in [1.54, 1.807) is 18.7 Å². The Labute approximate surface area is 121 Å². The maximum atomic E-state index is 11.6. The molecule has 0 N–H and O–H groups in total. The van der Waals surface area contributed by atoms with Crippen molar-refractivity contribution in [3.63, 3.8) is 0 Å². The van der Waals surface area contributed by atoms with Crippen molar-refractivity contribution in [2.45, 2.75) is 26.3 Å². The molecule has 0 atom stereocenters. The number of hydrogen-bond acceptors (Lipinski definition) is 3. The summed E-state index contributed by atoms with van der Waals surface area (Å²) >= 11 is 0. The van der Waals surface area contributed by atoms with Gasteiger partial charge in [-0.3, -0.25) is 4.68 Å². The summed E-state index contributed by atoms with van der Waals surface area (Å²) in [5.74, 6) is 0.543. The normalized spacial score (nSPS) is 11.8. The van der Waals surface area contributed by atoms with Crippen LogP contribution in [0.1, 0.15) is 30.9 Å². The van der Waals surface area contributed by atoms with Gasteiger partial charge in [-0.15, -0.1) is 0 Å². The van der Waals surface area contributed by atoms with Gasteiger partial charge in [-0.2, -0.15) is 9.46 Å². The molecule has 0 aliphatic rings. The molecule has 0 saturated heterocycles. The molecule has 0 radical (unpaired) electrons. The molecule has 2 aromatic rings. The Kier molecular flexibility index (Phi) is 4.28. The summed E-state index contributed by atoms with van der Waals surface area (Å²) in [6.07, 6.45) is 6.71. The molecule has 1 aromatic heterocycles. The van der Waals surface area contributed by atoms with Gasteiger partial charge in [0.05, 0.1) is 18.9 Å². The number of aromatic nitrogens is 2. The Morgan fingerprint density at radius 3 is 2.45 bits per heavy atom. The van der Waals surface area contributed by atoms with Crippen LogP contribution in [0.2, 0.25) is 0 Å². The summed E-state index contributed by atoms with van der Waals surface area (Å²) in [5, 5.41) is 4.25. The Bertz CT molecular complexity index is 684. The number of hydrogen-bond donors (Lipinski definition) is 0. The van der Waals surface area contributed by atoms with E-state index in [4.69, 9.17) is 0 Å². The van der Waals surface area contributed by atoms with Crippen molar-refractivity contribution in [3.8, 4) is 0 Å². The molecule has 0 unspecified atom stereocenters. The summed E-state index contributed by atoms with van der Waals surface area (Å²) in [7, 11) is -2.13. The largest absolute Gasteiger partial charge is 0.266 e. The lowest BCUT2D eigenvalue weighted by Crippen LogP contribution is -2.00. The zero-order valence-electron chi connectivity index (χ0n) is 12.4. The molecule has 108 valence electrons. The summed E-state index contributed by atoms with van der Waals surface area (Å²) in [6.45, 7) is 5.06. The molecule has 0 amide bonds.